The summed E-state index contributed by atoms with van der Waals surface area (Å²) in [7, 11) is 0. The van der Waals surface area contributed by atoms with Gasteiger partial charge in [0.2, 0.25) is 5.91 Å². The minimum absolute atomic E-state index is 0.153. The first kappa shape index (κ1) is 32.2. The summed E-state index contributed by atoms with van der Waals surface area (Å²) in [5, 5.41) is 8.14. The predicted octanol–water partition coefficient (Wildman–Crippen LogP) is 6.53. The lowest BCUT2D eigenvalue weighted by molar-refractivity contribution is -0.128. The molecule has 8 heteroatoms. The van der Waals surface area contributed by atoms with Gasteiger partial charge in [0.05, 0.1) is 5.39 Å². The minimum Gasteiger partial charge on any atom is -0.369 e. The molecule has 5 rings (SSSR count). The molecule has 1 amide bonds. The van der Waals surface area contributed by atoms with Crippen LogP contribution >= 0.6 is 0 Å². The third-order valence-electron chi connectivity index (χ3n) is 8.91. The molecule has 43 heavy (non-hydrogen) atoms. The summed E-state index contributed by atoms with van der Waals surface area (Å²) in [6.45, 7) is 16.5. The first-order chi connectivity index (χ1) is 20.6. The molecular formula is C35H49N7O. The second-order valence-corrected chi connectivity index (χ2v) is 12.5. The van der Waals surface area contributed by atoms with E-state index in [9.17, 15) is 4.79 Å². The Morgan fingerprint density at radius 1 is 1.05 bits per heavy atom. The molecule has 0 spiro atoms. The zero-order chi connectivity index (χ0) is 31.0. The molecule has 1 fully saturated rings. The summed E-state index contributed by atoms with van der Waals surface area (Å²) in [5.74, 6) is 0.939. The molecule has 0 radical (unpaired) electrons. The van der Waals surface area contributed by atoms with Crippen molar-refractivity contribution in [1.29, 1.82) is 0 Å². The number of rotatable bonds is 10. The predicted molar refractivity (Wildman–Crippen MR) is 178 cm³/mol. The van der Waals surface area contributed by atoms with Crippen molar-refractivity contribution in [2.45, 2.75) is 73.0 Å². The molecule has 4 aromatic rings. The molecule has 3 heterocycles. The van der Waals surface area contributed by atoms with Gasteiger partial charge >= 0.3 is 0 Å². The van der Waals surface area contributed by atoms with Gasteiger partial charge in [0.25, 0.3) is 0 Å². The van der Waals surface area contributed by atoms with Gasteiger partial charge in [-0.05, 0) is 68.1 Å². The summed E-state index contributed by atoms with van der Waals surface area (Å²) in [6.07, 6.45) is 4.09. The van der Waals surface area contributed by atoms with Crippen LogP contribution in [0.3, 0.4) is 0 Å². The van der Waals surface area contributed by atoms with E-state index in [1.807, 2.05) is 33.8 Å². The molecular weight excluding hydrogens is 534 g/mol. The van der Waals surface area contributed by atoms with E-state index < -0.39 is 0 Å². The number of H-pyrrole nitrogens is 1. The molecule has 2 aromatic heterocycles. The highest BCUT2D eigenvalue weighted by molar-refractivity contribution is 5.91. The summed E-state index contributed by atoms with van der Waals surface area (Å²) in [5.41, 5.74) is 10.4. The van der Waals surface area contributed by atoms with Gasteiger partial charge in [0, 0.05) is 29.7 Å². The van der Waals surface area contributed by atoms with E-state index in [2.05, 4.69) is 98.9 Å². The third-order valence-corrected chi connectivity index (χ3v) is 8.91. The van der Waals surface area contributed by atoms with Crippen LogP contribution in [0, 0.1) is 11.3 Å². The molecule has 8 nitrogen and oxygen atoms in total. The Hall–Kier alpha value is -3.75. The first-order valence-electron chi connectivity index (χ1n) is 15.6. The maximum absolute atomic E-state index is 10.7. The maximum atomic E-state index is 10.7. The second-order valence-electron chi connectivity index (χ2n) is 12.5. The molecule has 2 aromatic carbocycles. The molecule has 0 bridgehead atoms. The Morgan fingerprint density at radius 2 is 1.72 bits per heavy atom. The zero-order valence-electron chi connectivity index (χ0n) is 26.7. The van der Waals surface area contributed by atoms with Crippen LogP contribution in [0.25, 0.3) is 22.3 Å². The van der Waals surface area contributed by atoms with Gasteiger partial charge < -0.3 is 21.4 Å². The van der Waals surface area contributed by atoms with Gasteiger partial charge in [0.1, 0.15) is 17.8 Å². The topological polar surface area (TPSA) is 112 Å². The monoisotopic (exact) mass is 583 g/mol. The highest BCUT2D eigenvalue weighted by Crippen LogP contribution is 2.29. The van der Waals surface area contributed by atoms with E-state index in [1.54, 1.807) is 6.33 Å². The fourth-order valence-electron chi connectivity index (χ4n) is 5.16. The number of piperidine rings is 1. The molecule has 1 saturated heterocycles. The summed E-state index contributed by atoms with van der Waals surface area (Å²) >= 11 is 0. The minimum atomic E-state index is -0.361. The highest BCUT2D eigenvalue weighted by Gasteiger charge is 2.28. The maximum Gasteiger partial charge on any atom is 0.223 e. The first-order valence-corrected chi connectivity index (χ1v) is 15.6. The number of benzene rings is 2. The number of amides is 1. The van der Waals surface area contributed by atoms with Crippen LogP contribution in [-0.4, -0.2) is 51.4 Å². The molecule has 5 N–H and O–H groups in total. The molecule has 0 saturated carbocycles. The van der Waals surface area contributed by atoms with E-state index in [0.717, 1.165) is 54.3 Å². The fourth-order valence-corrected chi connectivity index (χ4v) is 5.16. The van der Waals surface area contributed by atoms with Gasteiger partial charge in [-0.3, -0.25) is 9.69 Å². The number of aromatic nitrogens is 3. The van der Waals surface area contributed by atoms with Crippen molar-refractivity contribution in [3.05, 3.63) is 78.1 Å². The van der Waals surface area contributed by atoms with Gasteiger partial charge in [-0.25, -0.2) is 9.97 Å². The number of anilines is 1. The number of nitrogens with one attached hydrogen (secondary N) is 3. The van der Waals surface area contributed by atoms with Crippen LogP contribution in [0.15, 0.2) is 67.0 Å². The van der Waals surface area contributed by atoms with Crippen molar-refractivity contribution in [2.75, 3.05) is 25.0 Å². The van der Waals surface area contributed by atoms with Crippen molar-refractivity contribution in [2.24, 2.45) is 17.1 Å². The Morgan fingerprint density at radius 3 is 2.30 bits per heavy atom. The summed E-state index contributed by atoms with van der Waals surface area (Å²) in [6, 6.07) is 22.3. The van der Waals surface area contributed by atoms with Crippen LogP contribution in [0.4, 0.5) is 5.82 Å². The lowest BCUT2D eigenvalue weighted by Gasteiger charge is -2.32. The number of nitrogens with zero attached hydrogens (tertiary/aromatic N) is 3. The average Bonchev–Trinajstić information content (AvgIpc) is 3.45. The Balaban J connectivity index is 0.000000410. The Kier molecular flexibility index (Phi) is 10.9. The van der Waals surface area contributed by atoms with Crippen LogP contribution in [0.5, 0.6) is 0 Å². The number of carbonyl (C=O) groups is 1. The van der Waals surface area contributed by atoms with Crippen molar-refractivity contribution in [3.63, 3.8) is 0 Å². The van der Waals surface area contributed by atoms with Crippen molar-refractivity contribution in [1.82, 2.24) is 25.2 Å². The largest absolute Gasteiger partial charge is 0.369 e. The number of nitrogens with two attached hydrogens (primary N) is 1. The third kappa shape index (κ3) is 8.42. The normalized spacial score (nSPS) is 15.2. The lowest BCUT2D eigenvalue weighted by Crippen LogP contribution is -2.42. The lowest BCUT2D eigenvalue weighted by atomic mass is 9.81. The number of hydrogen-bond donors (Lipinski definition) is 4. The number of aromatic amines is 1. The van der Waals surface area contributed by atoms with E-state index in [1.165, 1.54) is 24.0 Å². The molecule has 0 unspecified atom stereocenters. The van der Waals surface area contributed by atoms with Crippen LogP contribution < -0.4 is 16.4 Å². The molecule has 1 atom stereocenters. The van der Waals surface area contributed by atoms with E-state index in [0.29, 0.717) is 12.0 Å². The van der Waals surface area contributed by atoms with Gasteiger partial charge in [-0.2, -0.15) is 0 Å². The van der Waals surface area contributed by atoms with Crippen LogP contribution in [0.1, 0.15) is 71.6 Å². The smallest absolute Gasteiger partial charge is 0.223 e. The van der Waals surface area contributed by atoms with E-state index >= 15 is 0 Å². The second kappa shape index (κ2) is 14.6. The van der Waals surface area contributed by atoms with E-state index in [-0.39, 0.29) is 17.4 Å². The van der Waals surface area contributed by atoms with Crippen molar-refractivity contribution >= 4 is 22.8 Å². The van der Waals surface area contributed by atoms with Crippen molar-refractivity contribution < 1.29 is 4.79 Å². The average molecular weight is 584 g/mol. The number of likely N-dealkylation sites (tertiary alicyclic amines) is 1. The zero-order valence-corrected chi connectivity index (χ0v) is 26.7. The van der Waals surface area contributed by atoms with Gasteiger partial charge in [-0.15, -0.1) is 0 Å². The van der Waals surface area contributed by atoms with E-state index in [4.69, 9.17) is 5.73 Å². The number of primary amides is 1. The Labute approximate surface area is 256 Å². The molecule has 0 aliphatic carbocycles. The molecule has 1 aliphatic heterocycles. The standard InChI is InChI=1S/C28H34N6.C7H15NO/c1-3-29-24-13-15-34(16-14-24)18-21-9-11-23(12-10-21)26-17-25-27(30-19-31-28(25)33-26)32-20(2)22-7-5-4-6-8-22;1-5(2)7(3,4)6(8)9/h4-12,17,19-20,24,29H,3,13-16,18H2,1-2H3,(H2,30,31,32,33);5H,1-4H3,(H2,8,9)/t20-;/m1./s1. The Bertz CT molecular complexity index is 1440. The SMILES string of the molecule is CC(C)C(C)(C)C(N)=O.CCNC1CCN(Cc2ccc(-c3cc4c(N[C@H](C)c5ccccc5)ncnc4[nH]3)cc2)CC1. The van der Waals surface area contributed by atoms with Crippen LogP contribution in [0.2, 0.25) is 0 Å². The highest BCUT2D eigenvalue weighted by atomic mass is 16.1. The molecule has 1 aliphatic rings. The number of carbonyl (C=O) groups excluding carboxylic acids is 1. The summed E-state index contributed by atoms with van der Waals surface area (Å²) < 4.78 is 0. The fraction of sp³-hybridized carbons (Fsp3) is 0.457. The van der Waals surface area contributed by atoms with Gasteiger partial charge in [0.15, 0.2) is 0 Å². The van der Waals surface area contributed by atoms with Gasteiger partial charge in [-0.1, -0.05) is 89.2 Å². The number of hydrogen-bond acceptors (Lipinski definition) is 6. The molecule has 230 valence electrons. The summed E-state index contributed by atoms with van der Waals surface area (Å²) in [4.78, 5) is 25.7. The van der Waals surface area contributed by atoms with Crippen LogP contribution in [-0.2, 0) is 11.3 Å². The quantitative estimate of drug-likeness (QED) is 0.169. The number of fused-ring (bicyclic) bond motifs is 1. The van der Waals surface area contributed by atoms with Crippen molar-refractivity contribution in [3.8, 4) is 11.3 Å².